The molecule has 1 saturated heterocycles. The van der Waals surface area contributed by atoms with Crippen molar-refractivity contribution < 1.29 is 14.6 Å². The Hall–Kier alpha value is -2.75. The van der Waals surface area contributed by atoms with Crippen LogP contribution in [-0.4, -0.2) is 31.3 Å². The zero-order valence-corrected chi connectivity index (χ0v) is 13.7. The zero-order chi connectivity index (χ0) is 16.9. The molecule has 0 atom stereocenters. The lowest BCUT2D eigenvalue weighted by molar-refractivity contribution is -0.130. The molecule has 0 aromatic heterocycles. The summed E-state index contributed by atoms with van der Waals surface area (Å²) in [6, 6.07) is 15.2. The Morgan fingerprint density at radius 2 is 1.75 bits per heavy atom. The number of aliphatic carboxylic acids is 1. The van der Waals surface area contributed by atoms with Gasteiger partial charge < -0.3 is 14.7 Å². The summed E-state index contributed by atoms with van der Waals surface area (Å²) in [5.41, 5.74) is 2.86. The Bertz CT molecular complexity index is 744. The topological polar surface area (TPSA) is 49.8 Å². The van der Waals surface area contributed by atoms with Crippen LogP contribution in [0.15, 0.2) is 48.5 Å². The first-order valence-electron chi connectivity index (χ1n) is 8.12. The summed E-state index contributed by atoms with van der Waals surface area (Å²) < 4.78 is 5.29. The van der Waals surface area contributed by atoms with Crippen molar-refractivity contribution in [3.05, 3.63) is 59.7 Å². The van der Waals surface area contributed by atoms with E-state index in [9.17, 15) is 9.90 Å². The molecule has 1 aliphatic rings. The summed E-state index contributed by atoms with van der Waals surface area (Å²) in [5.74, 6) is -0.414. The first-order valence-corrected chi connectivity index (χ1v) is 8.12. The number of para-hydroxylation sites is 1. The number of methoxy groups -OCH3 is 1. The van der Waals surface area contributed by atoms with Crippen molar-refractivity contribution >= 4 is 23.3 Å². The Balaban J connectivity index is 1.92. The van der Waals surface area contributed by atoms with E-state index >= 15 is 0 Å². The summed E-state index contributed by atoms with van der Waals surface area (Å²) >= 11 is 0. The third kappa shape index (κ3) is 3.43. The fourth-order valence-corrected chi connectivity index (χ4v) is 3.05. The van der Waals surface area contributed by atoms with Gasteiger partial charge in [-0.3, -0.25) is 0 Å². The average Bonchev–Trinajstić information content (AvgIpc) is 3.14. The van der Waals surface area contributed by atoms with E-state index in [-0.39, 0.29) is 5.57 Å². The Morgan fingerprint density at radius 3 is 2.38 bits per heavy atom. The van der Waals surface area contributed by atoms with E-state index in [1.54, 1.807) is 25.3 Å². The first-order chi connectivity index (χ1) is 11.7. The summed E-state index contributed by atoms with van der Waals surface area (Å²) in [6.07, 6.45) is 4.16. The van der Waals surface area contributed by atoms with Crippen molar-refractivity contribution in [2.45, 2.75) is 12.8 Å². The van der Waals surface area contributed by atoms with Gasteiger partial charge in [0.1, 0.15) is 5.75 Å². The largest absolute Gasteiger partial charge is 0.496 e. The van der Waals surface area contributed by atoms with Crippen molar-refractivity contribution in [3.63, 3.8) is 0 Å². The standard InChI is InChI=1S/C20H21NO3/c1-24-19-7-3-2-6-17(19)18(20(22)23)14-15-8-10-16(11-9-15)21-12-4-5-13-21/h2-3,6-11,14H,4-5,12-13H2,1H3,(H,22,23)/b18-14-. The van der Waals surface area contributed by atoms with Crippen LogP contribution in [0.3, 0.4) is 0 Å². The summed E-state index contributed by atoms with van der Waals surface area (Å²) in [7, 11) is 1.54. The van der Waals surface area contributed by atoms with E-state index < -0.39 is 5.97 Å². The number of benzene rings is 2. The second-order valence-corrected chi connectivity index (χ2v) is 5.85. The fraction of sp³-hybridized carbons (Fsp3) is 0.250. The predicted octanol–water partition coefficient (Wildman–Crippen LogP) is 3.92. The third-order valence-electron chi connectivity index (χ3n) is 4.30. The minimum Gasteiger partial charge on any atom is -0.496 e. The quantitative estimate of drug-likeness (QED) is 0.669. The molecule has 0 unspecified atom stereocenters. The maximum atomic E-state index is 11.7. The molecule has 1 fully saturated rings. The molecule has 0 radical (unpaired) electrons. The van der Waals surface area contributed by atoms with Crippen molar-refractivity contribution in [3.8, 4) is 5.75 Å². The van der Waals surface area contributed by atoms with E-state index in [1.165, 1.54) is 18.5 Å². The highest BCUT2D eigenvalue weighted by Gasteiger charge is 2.15. The minimum atomic E-state index is -0.969. The van der Waals surface area contributed by atoms with E-state index in [1.807, 2.05) is 24.3 Å². The highest BCUT2D eigenvalue weighted by Crippen LogP contribution is 2.28. The van der Waals surface area contributed by atoms with Crippen LogP contribution in [0.4, 0.5) is 5.69 Å². The lowest BCUT2D eigenvalue weighted by Crippen LogP contribution is -2.17. The Kier molecular flexibility index (Phi) is 4.85. The van der Waals surface area contributed by atoms with Gasteiger partial charge >= 0.3 is 5.97 Å². The second-order valence-electron chi connectivity index (χ2n) is 5.85. The molecule has 3 rings (SSSR count). The molecular weight excluding hydrogens is 302 g/mol. The zero-order valence-electron chi connectivity index (χ0n) is 13.7. The van der Waals surface area contributed by atoms with E-state index in [2.05, 4.69) is 17.0 Å². The molecule has 4 nitrogen and oxygen atoms in total. The molecule has 4 heteroatoms. The van der Waals surface area contributed by atoms with Crippen molar-refractivity contribution in [2.75, 3.05) is 25.1 Å². The summed E-state index contributed by atoms with van der Waals surface area (Å²) in [4.78, 5) is 14.1. The van der Waals surface area contributed by atoms with Crippen LogP contribution < -0.4 is 9.64 Å². The van der Waals surface area contributed by atoms with Gasteiger partial charge in [-0.1, -0.05) is 30.3 Å². The van der Waals surface area contributed by atoms with Gasteiger partial charge in [-0.05, 0) is 42.7 Å². The molecule has 24 heavy (non-hydrogen) atoms. The number of hydrogen-bond donors (Lipinski definition) is 1. The summed E-state index contributed by atoms with van der Waals surface area (Å²) in [5, 5.41) is 9.60. The van der Waals surface area contributed by atoms with Gasteiger partial charge in [-0.25, -0.2) is 4.79 Å². The van der Waals surface area contributed by atoms with Crippen LogP contribution in [0, 0.1) is 0 Å². The van der Waals surface area contributed by atoms with E-state index in [0.29, 0.717) is 11.3 Å². The van der Waals surface area contributed by atoms with Crippen LogP contribution in [0.2, 0.25) is 0 Å². The number of hydrogen-bond acceptors (Lipinski definition) is 3. The maximum absolute atomic E-state index is 11.7. The fourth-order valence-electron chi connectivity index (χ4n) is 3.05. The molecule has 0 aliphatic carbocycles. The molecule has 2 aromatic rings. The number of nitrogens with zero attached hydrogens (tertiary/aromatic N) is 1. The molecule has 2 aromatic carbocycles. The first kappa shape index (κ1) is 16.1. The molecule has 0 saturated carbocycles. The molecule has 0 amide bonds. The van der Waals surface area contributed by atoms with Gasteiger partial charge in [0.05, 0.1) is 12.7 Å². The third-order valence-corrected chi connectivity index (χ3v) is 4.30. The van der Waals surface area contributed by atoms with Crippen LogP contribution in [0.25, 0.3) is 11.6 Å². The number of anilines is 1. The number of carbonyl (C=O) groups is 1. The van der Waals surface area contributed by atoms with Gasteiger partial charge in [-0.15, -0.1) is 0 Å². The molecule has 0 bridgehead atoms. The highest BCUT2D eigenvalue weighted by atomic mass is 16.5. The SMILES string of the molecule is COc1ccccc1/C(=C/c1ccc(N2CCCC2)cc1)C(=O)O. The van der Waals surface area contributed by atoms with E-state index in [0.717, 1.165) is 18.7 Å². The monoisotopic (exact) mass is 323 g/mol. The summed E-state index contributed by atoms with van der Waals surface area (Å²) in [6.45, 7) is 2.19. The van der Waals surface area contributed by atoms with Crippen molar-refractivity contribution in [1.29, 1.82) is 0 Å². The van der Waals surface area contributed by atoms with Gasteiger partial charge in [-0.2, -0.15) is 0 Å². The molecule has 1 N–H and O–H groups in total. The maximum Gasteiger partial charge on any atom is 0.336 e. The molecule has 1 aliphatic heterocycles. The van der Waals surface area contributed by atoms with Crippen LogP contribution in [-0.2, 0) is 4.79 Å². The molecule has 1 heterocycles. The van der Waals surface area contributed by atoms with Gasteiger partial charge in [0.25, 0.3) is 0 Å². The van der Waals surface area contributed by atoms with Gasteiger partial charge in [0.2, 0.25) is 0 Å². The lowest BCUT2D eigenvalue weighted by atomic mass is 10.0. The molecule has 124 valence electrons. The lowest BCUT2D eigenvalue weighted by Gasteiger charge is -2.17. The van der Waals surface area contributed by atoms with E-state index in [4.69, 9.17) is 4.74 Å². The predicted molar refractivity (Wildman–Crippen MR) is 96.4 cm³/mol. The molecular formula is C20H21NO3. The average molecular weight is 323 g/mol. The highest BCUT2D eigenvalue weighted by molar-refractivity contribution is 6.21. The second kappa shape index (κ2) is 7.21. The normalized spacial score (nSPS) is 14.7. The van der Waals surface area contributed by atoms with Crippen LogP contribution in [0.1, 0.15) is 24.0 Å². The Labute approximate surface area is 142 Å². The minimum absolute atomic E-state index is 0.223. The number of rotatable bonds is 5. The number of carboxylic acids is 1. The number of carboxylic acid groups (broad SMARTS) is 1. The Morgan fingerprint density at radius 1 is 1.08 bits per heavy atom. The number of ether oxygens (including phenoxy) is 1. The van der Waals surface area contributed by atoms with Crippen molar-refractivity contribution in [1.82, 2.24) is 0 Å². The van der Waals surface area contributed by atoms with Gasteiger partial charge in [0.15, 0.2) is 0 Å². The van der Waals surface area contributed by atoms with Gasteiger partial charge in [0, 0.05) is 24.3 Å². The van der Waals surface area contributed by atoms with Crippen molar-refractivity contribution in [2.24, 2.45) is 0 Å². The molecule has 0 spiro atoms. The smallest absolute Gasteiger partial charge is 0.336 e. The van der Waals surface area contributed by atoms with Crippen LogP contribution >= 0.6 is 0 Å². The van der Waals surface area contributed by atoms with Crippen LogP contribution in [0.5, 0.6) is 5.75 Å².